The van der Waals surface area contributed by atoms with E-state index in [0.29, 0.717) is 25.2 Å². The molecular weight excluding hydrogens is 272 g/mol. The number of benzene rings is 1. The highest BCUT2D eigenvalue weighted by Crippen LogP contribution is 2.17. The van der Waals surface area contributed by atoms with Crippen LogP contribution in [-0.4, -0.2) is 32.1 Å². The molecule has 0 bridgehead atoms. The van der Waals surface area contributed by atoms with Crippen LogP contribution in [0.5, 0.6) is 5.75 Å². The Morgan fingerprint density at radius 3 is 2.57 bits per heavy atom. The van der Waals surface area contributed by atoms with Crippen molar-refractivity contribution in [3.05, 3.63) is 29.8 Å². The number of hydrogen-bond acceptors (Lipinski definition) is 4. The average molecular weight is 294 g/mol. The molecular formula is C15H22N2O4. The van der Waals surface area contributed by atoms with E-state index in [9.17, 15) is 9.59 Å². The minimum absolute atomic E-state index is 0.143. The van der Waals surface area contributed by atoms with Gasteiger partial charge in [-0.05, 0) is 24.5 Å². The van der Waals surface area contributed by atoms with Gasteiger partial charge in [0.1, 0.15) is 5.75 Å². The number of ether oxygens (including phenoxy) is 2. The first-order valence-corrected chi connectivity index (χ1v) is 6.94. The summed E-state index contributed by atoms with van der Waals surface area (Å²) >= 11 is 0. The first-order valence-electron chi connectivity index (χ1n) is 6.94. The molecule has 0 spiro atoms. The lowest BCUT2D eigenvalue weighted by atomic mass is 10.1. The van der Waals surface area contributed by atoms with Crippen molar-refractivity contribution in [3.8, 4) is 5.75 Å². The Bertz CT molecular complexity index is 463. The number of nitrogens with one attached hydrogen (secondary N) is 2. The number of carbonyl (C=O) groups is 2. The second kappa shape index (κ2) is 9.77. The second-order valence-electron chi connectivity index (χ2n) is 4.44. The molecule has 6 heteroatoms. The summed E-state index contributed by atoms with van der Waals surface area (Å²) in [4.78, 5) is 22.9. The van der Waals surface area contributed by atoms with Crippen LogP contribution in [0, 0.1) is 0 Å². The monoisotopic (exact) mass is 294 g/mol. The van der Waals surface area contributed by atoms with E-state index >= 15 is 0 Å². The summed E-state index contributed by atoms with van der Waals surface area (Å²) in [6.45, 7) is 2.39. The lowest BCUT2D eigenvalue weighted by molar-refractivity contribution is -0.130. The number of amides is 2. The number of para-hydroxylation sites is 1. The fraction of sp³-hybridized carbons (Fsp3) is 0.467. The predicted octanol–water partition coefficient (Wildman–Crippen LogP) is 1.20. The number of aryl methyl sites for hydroxylation is 1. The molecule has 0 heterocycles. The van der Waals surface area contributed by atoms with Crippen LogP contribution in [0.2, 0.25) is 0 Å². The van der Waals surface area contributed by atoms with Crippen molar-refractivity contribution < 1.29 is 19.1 Å². The highest BCUT2D eigenvalue weighted by Gasteiger charge is 2.07. The predicted molar refractivity (Wildman–Crippen MR) is 78.7 cm³/mol. The molecule has 0 fully saturated rings. The third-order valence-electron chi connectivity index (χ3n) is 2.81. The van der Waals surface area contributed by atoms with Gasteiger partial charge in [0.25, 0.3) is 5.91 Å². The number of hydrogen-bond donors (Lipinski definition) is 2. The largest absolute Gasteiger partial charge is 0.483 e. The molecule has 0 aromatic heterocycles. The van der Waals surface area contributed by atoms with Crippen LogP contribution in [0.25, 0.3) is 0 Å². The molecule has 0 atom stereocenters. The van der Waals surface area contributed by atoms with Crippen LogP contribution in [0.4, 0.5) is 0 Å². The standard InChI is InChI=1S/C15H22N2O4/c1-3-12-7-4-5-8-13(12)21-11-15(19)17-16-14(18)9-6-10-20-2/h4-5,7-8H,3,6,9-11H2,1-2H3,(H,16,18)(H,17,19). The van der Waals surface area contributed by atoms with Crippen LogP contribution < -0.4 is 15.6 Å². The zero-order valence-electron chi connectivity index (χ0n) is 12.5. The number of rotatable bonds is 8. The number of hydrazine groups is 1. The maximum atomic E-state index is 11.6. The van der Waals surface area contributed by atoms with E-state index in [4.69, 9.17) is 9.47 Å². The van der Waals surface area contributed by atoms with Gasteiger partial charge in [-0.3, -0.25) is 20.4 Å². The smallest absolute Gasteiger partial charge is 0.276 e. The Labute approximate surface area is 124 Å². The van der Waals surface area contributed by atoms with Crippen molar-refractivity contribution in [3.63, 3.8) is 0 Å². The summed E-state index contributed by atoms with van der Waals surface area (Å²) in [6, 6.07) is 7.54. The molecule has 0 saturated heterocycles. The van der Waals surface area contributed by atoms with Crippen LogP contribution in [0.1, 0.15) is 25.3 Å². The summed E-state index contributed by atoms with van der Waals surface area (Å²) < 4.78 is 10.3. The van der Waals surface area contributed by atoms with E-state index in [1.54, 1.807) is 7.11 Å². The van der Waals surface area contributed by atoms with E-state index in [-0.39, 0.29) is 12.5 Å². The van der Waals surface area contributed by atoms with E-state index in [2.05, 4.69) is 10.9 Å². The highest BCUT2D eigenvalue weighted by atomic mass is 16.5. The summed E-state index contributed by atoms with van der Waals surface area (Å²) in [5.74, 6) is 0.0249. The van der Waals surface area contributed by atoms with Crippen molar-refractivity contribution in [2.75, 3.05) is 20.3 Å². The van der Waals surface area contributed by atoms with E-state index in [1.165, 1.54) is 0 Å². The minimum atomic E-state index is -0.402. The SMILES string of the molecule is CCc1ccccc1OCC(=O)NNC(=O)CCCOC. The van der Waals surface area contributed by atoms with Crippen molar-refractivity contribution >= 4 is 11.8 Å². The molecule has 116 valence electrons. The lowest BCUT2D eigenvalue weighted by Gasteiger charge is -2.11. The van der Waals surface area contributed by atoms with Gasteiger partial charge in [-0.2, -0.15) is 0 Å². The maximum Gasteiger partial charge on any atom is 0.276 e. The van der Waals surface area contributed by atoms with Crippen molar-refractivity contribution in [1.82, 2.24) is 10.9 Å². The first-order chi connectivity index (χ1) is 10.2. The van der Waals surface area contributed by atoms with Crippen LogP contribution in [-0.2, 0) is 20.7 Å². The van der Waals surface area contributed by atoms with Gasteiger partial charge >= 0.3 is 0 Å². The van der Waals surface area contributed by atoms with E-state index in [0.717, 1.165) is 12.0 Å². The summed E-state index contributed by atoms with van der Waals surface area (Å²) in [6.07, 6.45) is 1.74. The summed E-state index contributed by atoms with van der Waals surface area (Å²) in [7, 11) is 1.57. The fourth-order valence-electron chi connectivity index (χ4n) is 1.70. The Kier molecular flexibility index (Phi) is 7.89. The van der Waals surface area contributed by atoms with Gasteiger partial charge < -0.3 is 9.47 Å². The molecule has 21 heavy (non-hydrogen) atoms. The second-order valence-corrected chi connectivity index (χ2v) is 4.44. The summed E-state index contributed by atoms with van der Waals surface area (Å²) in [5.41, 5.74) is 5.68. The molecule has 1 aromatic carbocycles. The van der Waals surface area contributed by atoms with E-state index < -0.39 is 5.91 Å². The fourth-order valence-corrected chi connectivity index (χ4v) is 1.70. The Balaban J connectivity index is 2.26. The van der Waals surface area contributed by atoms with Crippen LogP contribution >= 0.6 is 0 Å². The average Bonchev–Trinajstić information content (AvgIpc) is 2.51. The molecule has 2 amide bonds. The molecule has 0 aliphatic carbocycles. The van der Waals surface area contributed by atoms with E-state index in [1.807, 2.05) is 31.2 Å². The molecule has 2 N–H and O–H groups in total. The molecule has 0 radical (unpaired) electrons. The zero-order chi connectivity index (χ0) is 15.5. The third-order valence-corrected chi connectivity index (χ3v) is 2.81. The van der Waals surface area contributed by atoms with Gasteiger partial charge in [-0.25, -0.2) is 0 Å². The number of carbonyl (C=O) groups excluding carboxylic acids is 2. The molecule has 0 aliphatic rings. The van der Waals surface area contributed by atoms with Crippen LogP contribution in [0.15, 0.2) is 24.3 Å². The first kappa shape index (κ1) is 17.0. The summed E-state index contributed by atoms with van der Waals surface area (Å²) in [5, 5.41) is 0. The maximum absolute atomic E-state index is 11.6. The van der Waals surface area contributed by atoms with Crippen molar-refractivity contribution in [1.29, 1.82) is 0 Å². The molecule has 1 rings (SSSR count). The van der Waals surface area contributed by atoms with Gasteiger partial charge in [-0.1, -0.05) is 25.1 Å². The lowest BCUT2D eigenvalue weighted by Crippen LogP contribution is -2.43. The molecule has 0 unspecified atom stereocenters. The minimum Gasteiger partial charge on any atom is -0.483 e. The molecule has 0 saturated carbocycles. The Morgan fingerprint density at radius 2 is 1.86 bits per heavy atom. The zero-order valence-corrected chi connectivity index (χ0v) is 12.5. The van der Waals surface area contributed by atoms with Gasteiger partial charge in [0, 0.05) is 20.1 Å². The Hall–Kier alpha value is -2.08. The number of methoxy groups -OCH3 is 1. The van der Waals surface area contributed by atoms with Crippen LogP contribution in [0.3, 0.4) is 0 Å². The van der Waals surface area contributed by atoms with Gasteiger partial charge in [0.05, 0.1) is 0 Å². The third kappa shape index (κ3) is 6.76. The Morgan fingerprint density at radius 1 is 1.14 bits per heavy atom. The molecule has 1 aromatic rings. The molecule has 6 nitrogen and oxygen atoms in total. The molecule has 0 aliphatic heterocycles. The highest BCUT2D eigenvalue weighted by molar-refractivity contribution is 5.82. The quantitative estimate of drug-likeness (QED) is 0.558. The van der Waals surface area contributed by atoms with Crippen molar-refractivity contribution in [2.24, 2.45) is 0 Å². The van der Waals surface area contributed by atoms with Crippen molar-refractivity contribution in [2.45, 2.75) is 26.2 Å². The van der Waals surface area contributed by atoms with Gasteiger partial charge in [0.2, 0.25) is 5.91 Å². The van der Waals surface area contributed by atoms with Gasteiger partial charge in [-0.15, -0.1) is 0 Å². The van der Waals surface area contributed by atoms with Gasteiger partial charge in [0.15, 0.2) is 6.61 Å². The topological polar surface area (TPSA) is 76.7 Å². The normalized spacial score (nSPS) is 10.0.